The number of methoxy groups -OCH3 is 1. The summed E-state index contributed by atoms with van der Waals surface area (Å²) in [5, 5.41) is 0. The van der Waals surface area contributed by atoms with Crippen molar-refractivity contribution in [3.63, 3.8) is 0 Å². The number of nitrogens with one attached hydrogen (secondary N) is 1. The van der Waals surface area contributed by atoms with Crippen molar-refractivity contribution in [3.8, 4) is 16.2 Å². The molecule has 0 fully saturated rings. The van der Waals surface area contributed by atoms with E-state index < -0.39 is 0 Å². The first-order valence-corrected chi connectivity index (χ1v) is 9.41. The lowest BCUT2D eigenvalue weighted by atomic mass is 10.2. The lowest BCUT2D eigenvalue weighted by Gasteiger charge is -2.21. The van der Waals surface area contributed by atoms with Crippen LogP contribution in [0.15, 0.2) is 35.1 Å². The van der Waals surface area contributed by atoms with Crippen molar-refractivity contribution in [1.82, 2.24) is 9.97 Å². The number of nitrogens with zero attached hydrogens (tertiary/aromatic N) is 2. The summed E-state index contributed by atoms with van der Waals surface area (Å²) in [6.45, 7) is 6.03. The van der Waals surface area contributed by atoms with Crippen LogP contribution in [0.2, 0.25) is 0 Å². The average molecular weight is 357 g/mol. The molecule has 5 nitrogen and oxygen atoms in total. The minimum absolute atomic E-state index is 0.0676. The maximum atomic E-state index is 12.5. The fourth-order valence-electron chi connectivity index (χ4n) is 2.84. The highest BCUT2D eigenvalue weighted by Gasteiger charge is 2.13. The molecule has 0 amide bonds. The molecule has 2 aromatic heterocycles. The number of aromatic nitrogens is 2. The van der Waals surface area contributed by atoms with Crippen LogP contribution < -0.4 is 15.2 Å². The second kappa shape index (κ2) is 7.70. The summed E-state index contributed by atoms with van der Waals surface area (Å²) < 4.78 is 5.87. The van der Waals surface area contributed by atoms with Gasteiger partial charge in [0.25, 0.3) is 5.56 Å². The number of fused-ring (bicyclic) bond motifs is 1. The van der Waals surface area contributed by atoms with E-state index in [1.807, 2.05) is 30.3 Å². The molecule has 0 aliphatic carbocycles. The van der Waals surface area contributed by atoms with Crippen molar-refractivity contribution in [2.75, 3.05) is 25.1 Å². The van der Waals surface area contributed by atoms with E-state index in [0.29, 0.717) is 10.6 Å². The summed E-state index contributed by atoms with van der Waals surface area (Å²) in [7, 11) is 1.65. The highest BCUT2D eigenvalue weighted by Crippen LogP contribution is 2.32. The Morgan fingerprint density at radius 2 is 1.84 bits per heavy atom. The molecule has 0 aliphatic heterocycles. The number of benzene rings is 1. The fraction of sp³-hybridized carbons (Fsp3) is 0.368. The SMILES string of the molecule is CCCN(CCC)c1nc2cc(-c3ccc(OC)cc3)sc2c(=O)[nH]1. The lowest BCUT2D eigenvalue weighted by molar-refractivity contribution is 0.415. The van der Waals surface area contributed by atoms with E-state index in [1.165, 1.54) is 11.3 Å². The Morgan fingerprint density at radius 3 is 2.44 bits per heavy atom. The van der Waals surface area contributed by atoms with Gasteiger partial charge < -0.3 is 9.64 Å². The molecule has 6 heteroatoms. The molecule has 3 rings (SSSR count). The molecule has 0 aliphatic rings. The first kappa shape index (κ1) is 17.5. The first-order chi connectivity index (χ1) is 12.2. The fourth-order valence-corrected chi connectivity index (χ4v) is 3.84. The molecular formula is C19H23N3O2S. The van der Waals surface area contributed by atoms with Crippen molar-refractivity contribution in [3.05, 3.63) is 40.7 Å². The molecule has 0 radical (unpaired) electrons. The lowest BCUT2D eigenvalue weighted by Crippen LogP contribution is -2.28. The predicted molar refractivity (Wildman–Crippen MR) is 105 cm³/mol. The third-order valence-electron chi connectivity index (χ3n) is 4.03. The van der Waals surface area contributed by atoms with Crippen molar-refractivity contribution >= 4 is 27.5 Å². The molecule has 0 atom stereocenters. The van der Waals surface area contributed by atoms with Crippen LogP contribution in [0.4, 0.5) is 5.95 Å². The summed E-state index contributed by atoms with van der Waals surface area (Å²) in [4.78, 5) is 23.4. The number of H-pyrrole nitrogens is 1. The van der Waals surface area contributed by atoms with E-state index in [1.54, 1.807) is 7.11 Å². The molecule has 0 saturated heterocycles. The van der Waals surface area contributed by atoms with Crippen LogP contribution in [0.25, 0.3) is 20.7 Å². The Bertz CT molecular complexity index is 893. The van der Waals surface area contributed by atoms with Crippen molar-refractivity contribution in [2.24, 2.45) is 0 Å². The maximum Gasteiger partial charge on any atom is 0.270 e. The van der Waals surface area contributed by atoms with E-state index in [-0.39, 0.29) is 5.56 Å². The Morgan fingerprint density at radius 1 is 1.16 bits per heavy atom. The van der Waals surface area contributed by atoms with Crippen molar-refractivity contribution in [1.29, 1.82) is 0 Å². The van der Waals surface area contributed by atoms with E-state index in [4.69, 9.17) is 9.72 Å². The number of thiophene rings is 1. The molecule has 2 heterocycles. The van der Waals surface area contributed by atoms with E-state index in [9.17, 15) is 4.79 Å². The van der Waals surface area contributed by atoms with Gasteiger partial charge in [0.2, 0.25) is 5.95 Å². The van der Waals surface area contributed by atoms with E-state index >= 15 is 0 Å². The number of rotatable bonds is 7. The quantitative estimate of drug-likeness (QED) is 0.685. The zero-order chi connectivity index (χ0) is 17.8. The maximum absolute atomic E-state index is 12.5. The minimum Gasteiger partial charge on any atom is -0.497 e. The standard InChI is InChI=1S/C19H23N3O2S/c1-4-10-22(11-5-2)19-20-15-12-16(25-17(15)18(23)21-19)13-6-8-14(24-3)9-7-13/h6-9,12H,4-5,10-11H2,1-3H3,(H,20,21,23). The summed E-state index contributed by atoms with van der Waals surface area (Å²) in [6.07, 6.45) is 2.03. The first-order valence-electron chi connectivity index (χ1n) is 8.59. The molecule has 132 valence electrons. The van der Waals surface area contributed by atoms with Gasteiger partial charge in [-0.2, -0.15) is 0 Å². The minimum atomic E-state index is -0.0676. The summed E-state index contributed by atoms with van der Waals surface area (Å²) in [5.41, 5.74) is 1.75. The topological polar surface area (TPSA) is 58.2 Å². The van der Waals surface area contributed by atoms with Crippen LogP contribution in [-0.4, -0.2) is 30.2 Å². The number of hydrogen-bond acceptors (Lipinski definition) is 5. The Labute approximate surface area is 151 Å². The number of ether oxygens (including phenoxy) is 1. The van der Waals surface area contributed by atoms with Gasteiger partial charge in [-0.3, -0.25) is 9.78 Å². The average Bonchev–Trinajstić information content (AvgIpc) is 3.06. The van der Waals surface area contributed by atoms with Crippen molar-refractivity contribution in [2.45, 2.75) is 26.7 Å². The summed E-state index contributed by atoms with van der Waals surface area (Å²) >= 11 is 1.47. The van der Waals surface area contributed by atoms with Crippen LogP contribution in [0, 0.1) is 0 Å². The Balaban J connectivity index is 2.01. The molecule has 0 unspecified atom stereocenters. The van der Waals surface area contributed by atoms with Crippen LogP contribution in [0.1, 0.15) is 26.7 Å². The van der Waals surface area contributed by atoms with Gasteiger partial charge in [-0.25, -0.2) is 4.98 Å². The third kappa shape index (κ3) is 3.69. The molecule has 3 aromatic rings. The Kier molecular flexibility index (Phi) is 5.38. The summed E-state index contributed by atoms with van der Waals surface area (Å²) in [6, 6.07) is 9.84. The van der Waals surface area contributed by atoms with Crippen molar-refractivity contribution < 1.29 is 4.74 Å². The van der Waals surface area contributed by atoms with E-state index in [0.717, 1.165) is 47.6 Å². The second-order valence-corrected chi connectivity index (χ2v) is 6.98. The normalized spacial score (nSPS) is 11.0. The smallest absolute Gasteiger partial charge is 0.270 e. The molecular weight excluding hydrogens is 334 g/mol. The van der Waals surface area contributed by atoms with Gasteiger partial charge in [0.1, 0.15) is 10.4 Å². The molecule has 0 saturated carbocycles. The molecule has 0 bridgehead atoms. The Hall–Kier alpha value is -2.34. The molecule has 25 heavy (non-hydrogen) atoms. The highest BCUT2D eigenvalue weighted by atomic mass is 32.1. The van der Waals surface area contributed by atoms with Gasteiger partial charge in [-0.15, -0.1) is 11.3 Å². The van der Waals surface area contributed by atoms with E-state index in [2.05, 4.69) is 23.7 Å². The largest absolute Gasteiger partial charge is 0.497 e. The number of anilines is 1. The zero-order valence-electron chi connectivity index (χ0n) is 14.8. The van der Waals surface area contributed by atoms with Gasteiger partial charge >= 0.3 is 0 Å². The van der Waals surface area contributed by atoms with Gasteiger partial charge in [0, 0.05) is 18.0 Å². The van der Waals surface area contributed by atoms with Crippen LogP contribution >= 0.6 is 11.3 Å². The molecule has 1 N–H and O–H groups in total. The molecule has 1 aromatic carbocycles. The van der Waals surface area contributed by atoms with Crippen LogP contribution in [0.3, 0.4) is 0 Å². The van der Waals surface area contributed by atoms with Crippen LogP contribution in [-0.2, 0) is 0 Å². The number of hydrogen-bond donors (Lipinski definition) is 1. The second-order valence-electron chi connectivity index (χ2n) is 5.93. The predicted octanol–water partition coefficient (Wildman–Crippen LogP) is 4.29. The summed E-state index contributed by atoms with van der Waals surface area (Å²) in [5.74, 6) is 1.48. The molecule has 0 spiro atoms. The van der Waals surface area contributed by atoms with Crippen LogP contribution in [0.5, 0.6) is 5.75 Å². The zero-order valence-corrected chi connectivity index (χ0v) is 15.7. The monoisotopic (exact) mass is 357 g/mol. The number of aromatic amines is 1. The van der Waals surface area contributed by atoms with Gasteiger partial charge in [0.05, 0.1) is 12.6 Å². The van der Waals surface area contributed by atoms with Gasteiger partial charge in [0.15, 0.2) is 0 Å². The third-order valence-corrected chi connectivity index (χ3v) is 5.20. The van der Waals surface area contributed by atoms with Gasteiger partial charge in [-0.1, -0.05) is 13.8 Å². The highest BCUT2D eigenvalue weighted by molar-refractivity contribution is 7.22. The van der Waals surface area contributed by atoms with Gasteiger partial charge in [-0.05, 0) is 48.7 Å².